The highest BCUT2D eigenvalue weighted by Crippen LogP contribution is 2.61. The monoisotopic (exact) mass is 287 g/mol. The van der Waals surface area contributed by atoms with Crippen LogP contribution in [0.25, 0.3) is 0 Å². The molecule has 5 nitrogen and oxygen atoms in total. The number of aromatic nitrogens is 2. The van der Waals surface area contributed by atoms with Crippen molar-refractivity contribution in [3.63, 3.8) is 0 Å². The molecule has 3 rings (SSSR count). The van der Waals surface area contributed by atoms with Gasteiger partial charge in [-0.05, 0) is 37.0 Å². The Morgan fingerprint density at radius 3 is 2.50 bits per heavy atom. The van der Waals surface area contributed by atoms with Gasteiger partial charge in [-0.3, -0.25) is 5.43 Å². The van der Waals surface area contributed by atoms with Gasteiger partial charge in [0.25, 0.3) is 0 Å². The molecule has 0 spiro atoms. The van der Waals surface area contributed by atoms with Gasteiger partial charge < -0.3 is 5.32 Å². The first-order valence-corrected chi connectivity index (χ1v) is 6.60. The van der Waals surface area contributed by atoms with Gasteiger partial charge in [0.05, 0.1) is 0 Å². The van der Waals surface area contributed by atoms with Crippen LogP contribution in [0, 0.1) is 11.3 Å². The lowest BCUT2D eigenvalue weighted by atomic mass is 10.0. The maximum absolute atomic E-state index is 12.7. The van der Waals surface area contributed by atoms with Crippen molar-refractivity contribution >= 4 is 11.8 Å². The van der Waals surface area contributed by atoms with E-state index in [9.17, 15) is 13.2 Å². The van der Waals surface area contributed by atoms with Crippen LogP contribution in [0.5, 0.6) is 0 Å². The smallest absolute Gasteiger partial charge is 0.369 e. The SMILES string of the molecule is NNc1nc(NCC2(C3CC3)CC2)cc(C(F)(F)F)n1. The van der Waals surface area contributed by atoms with Crippen LogP contribution in [-0.4, -0.2) is 16.5 Å². The first kappa shape index (κ1) is 13.4. The Labute approximate surface area is 114 Å². The number of rotatable bonds is 5. The van der Waals surface area contributed by atoms with E-state index >= 15 is 0 Å². The van der Waals surface area contributed by atoms with Crippen molar-refractivity contribution in [1.29, 1.82) is 0 Å². The molecule has 2 aliphatic rings. The third kappa shape index (κ3) is 2.65. The molecule has 0 amide bonds. The second-order valence-corrected chi connectivity index (χ2v) is 5.59. The van der Waals surface area contributed by atoms with E-state index in [4.69, 9.17) is 5.84 Å². The van der Waals surface area contributed by atoms with Gasteiger partial charge in [0.15, 0.2) is 5.69 Å². The molecular weight excluding hydrogens is 271 g/mol. The third-order valence-corrected chi connectivity index (χ3v) is 4.10. The lowest BCUT2D eigenvalue weighted by molar-refractivity contribution is -0.141. The van der Waals surface area contributed by atoms with Crippen molar-refractivity contribution in [3.8, 4) is 0 Å². The van der Waals surface area contributed by atoms with Crippen molar-refractivity contribution in [2.45, 2.75) is 31.9 Å². The molecule has 1 heterocycles. The second kappa shape index (κ2) is 4.47. The fraction of sp³-hybridized carbons (Fsp3) is 0.667. The van der Waals surface area contributed by atoms with E-state index in [0.29, 0.717) is 6.54 Å². The standard InChI is InChI=1S/C12H16F3N5/c13-12(14,15)8-5-9(19-10(18-8)20-16)17-6-11(3-4-11)7-1-2-7/h5,7H,1-4,6,16H2,(H2,17,18,19,20). The normalized spacial score (nSPS) is 20.6. The van der Waals surface area contributed by atoms with Crippen molar-refractivity contribution < 1.29 is 13.2 Å². The Hall–Kier alpha value is -1.57. The van der Waals surface area contributed by atoms with E-state index in [1.807, 2.05) is 0 Å². The van der Waals surface area contributed by atoms with Crippen molar-refractivity contribution in [2.75, 3.05) is 17.3 Å². The molecule has 110 valence electrons. The molecule has 4 N–H and O–H groups in total. The molecule has 0 aromatic carbocycles. The molecule has 20 heavy (non-hydrogen) atoms. The molecule has 2 fully saturated rings. The van der Waals surface area contributed by atoms with Gasteiger partial charge in [-0.1, -0.05) is 0 Å². The summed E-state index contributed by atoms with van der Waals surface area (Å²) in [6, 6.07) is 0.920. The van der Waals surface area contributed by atoms with Gasteiger partial charge >= 0.3 is 6.18 Å². The number of anilines is 2. The van der Waals surface area contributed by atoms with E-state index < -0.39 is 11.9 Å². The minimum atomic E-state index is -4.52. The fourth-order valence-corrected chi connectivity index (χ4v) is 2.60. The summed E-state index contributed by atoms with van der Waals surface area (Å²) in [7, 11) is 0. The minimum Gasteiger partial charge on any atom is -0.369 e. The highest BCUT2D eigenvalue weighted by atomic mass is 19.4. The molecule has 0 saturated heterocycles. The van der Waals surface area contributed by atoms with E-state index in [1.54, 1.807) is 0 Å². The quantitative estimate of drug-likeness (QED) is 0.572. The number of nitrogens with zero attached hydrogens (tertiary/aromatic N) is 2. The van der Waals surface area contributed by atoms with Crippen LogP contribution in [0.3, 0.4) is 0 Å². The third-order valence-electron chi connectivity index (χ3n) is 4.10. The van der Waals surface area contributed by atoms with Crippen LogP contribution in [0.1, 0.15) is 31.4 Å². The summed E-state index contributed by atoms with van der Waals surface area (Å²) in [5, 5.41) is 3.01. The van der Waals surface area contributed by atoms with Crippen LogP contribution < -0.4 is 16.6 Å². The largest absolute Gasteiger partial charge is 0.433 e. The zero-order valence-electron chi connectivity index (χ0n) is 10.8. The van der Waals surface area contributed by atoms with Crippen LogP contribution in [0.2, 0.25) is 0 Å². The molecule has 2 aliphatic carbocycles. The average molecular weight is 287 g/mol. The van der Waals surface area contributed by atoms with Crippen LogP contribution in [0.15, 0.2) is 6.07 Å². The van der Waals surface area contributed by atoms with Gasteiger partial charge in [0.2, 0.25) is 5.95 Å². The zero-order valence-corrected chi connectivity index (χ0v) is 10.8. The van der Waals surface area contributed by atoms with E-state index in [1.165, 1.54) is 12.8 Å². The van der Waals surface area contributed by atoms with Crippen molar-refractivity contribution in [2.24, 2.45) is 17.2 Å². The Kier molecular flexibility index (Phi) is 3.00. The Morgan fingerprint density at radius 2 is 2.00 bits per heavy atom. The maximum atomic E-state index is 12.7. The predicted octanol–water partition coefficient (Wildman–Crippen LogP) is 2.38. The molecule has 0 radical (unpaired) electrons. The molecule has 8 heteroatoms. The number of nitrogen functional groups attached to an aromatic ring is 1. The second-order valence-electron chi connectivity index (χ2n) is 5.59. The van der Waals surface area contributed by atoms with Crippen molar-refractivity contribution in [3.05, 3.63) is 11.8 Å². The maximum Gasteiger partial charge on any atom is 0.433 e. The van der Waals surface area contributed by atoms with Crippen LogP contribution >= 0.6 is 0 Å². The Bertz CT molecular complexity index is 508. The number of hydrazine groups is 1. The molecule has 0 bridgehead atoms. The van der Waals surface area contributed by atoms with Gasteiger partial charge in [0.1, 0.15) is 5.82 Å². The number of halogens is 3. The van der Waals surface area contributed by atoms with E-state index in [2.05, 4.69) is 20.7 Å². The minimum absolute atomic E-state index is 0.159. The topological polar surface area (TPSA) is 75.9 Å². The molecule has 0 aliphatic heterocycles. The molecular formula is C12H16F3N5. The molecule has 1 aromatic rings. The summed E-state index contributed by atoms with van der Waals surface area (Å²) >= 11 is 0. The summed E-state index contributed by atoms with van der Waals surface area (Å²) < 4.78 is 38.2. The van der Waals surface area contributed by atoms with Gasteiger partial charge in [-0.2, -0.15) is 18.2 Å². The van der Waals surface area contributed by atoms with E-state index in [-0.39, 0.29) is 17.2 Å². The average Bonchev–Trinajstić information content (AvgIpc) is 3.27. The van der Waals surface area contributed by atoms with Gasteiger partial charge in [0, 0.05) is 12.6 Å². The highest BCUT2D eigenvalue weighted by molar-refractivity contribution is 5.43. The lowest BCUT2D eigenvalue weighted by Crippen LogP contribution is -2.20. The molecule has 0 unspecified atom stereocenters. The Morgan fingerprint density at radius 1 is 1.30 bits per heavy atom. The first-order chi connectivity index (χ1) is 9.43. The van der Waals surface area contributed by atoms with Gasteiger partial charge in [-0.15, -0.1) is 0 Å². The van der Waals surface area contributed by atoms with Crippen LogP contribution in [-0.2, 0) is 6.18 Å². The molecule has 2 saturated carbocycles. The summed E-state index contributed by atoms with van der Waals surface area (Å²) in [6.07, 6.45) is 0.232. The number of nitrogens with two attached hydrogens (primary N) is 1. The molecule has 0 atom stereocenters. The fourth-order valence-electron chi connectivity index (χ4n) is 2.60. The number of alkyl halides is 3. The highest BCUT2D eigenvalue weighted by Gasteiger charge is 2.53. The zero-order chi connectivity index (χ0) is 14.4. The number of hydrogen-bond acceptors (Lipinski definition) is 5. The van der Waals surface area contributed by atoms with Gasteiger partial charge in [-0.25, -0.2) is 10.8 Å². The number of hydrogen-bond donors (Lipinski definition) is 3. The Balaban J connectivity index is 1.75. The summed E-state index contributed by atoms with van der Waals surface area (Å²) in [5.74, 6) is 5.76. The summed E-state index contributed by atoms with van der Waals surface area (Å²) in [5.41, 5.74) is 1.34. The molecule has 1 aromatic heterocycles. The van der Waals surface area contributed by atoms with Crippen LogP contribution in [0.4, 0.5) is 24.9 Å². The number of nitrogens with one attached hydrogen (secondary N) is 2. The predicted molar refractivity (Wildman–Crippen MR) is 67.7 cm³/mol. The lowest BCUT2D eigenvalue weighted by Gasteiger charge is -2.16. The first-order valence-electron chi connectivity index (χ1n) is 6.60. The summed E-state index contributed by atoms with van der Waals surface area (Å²) in [4.78, 5) is 7.24. The van der Waals surface area contributed by atoms with E-state index in [0.717, 1.165) is 24.8 Å². The summed E-state index contributed by atoms with van der Waals surface area (Å²) in [6.45, 7) is 0.663. The van der Waals surface area contributed by atoms with Crippen molar-refractivity contribution in [1.82, 2.24) is 9.97 Å².